The van der Waals surface area contributed by atoms with E-state index in [-0.39, 0.29) is 12.2 Å². The quantitative estimate of drug-likeness (QED) is 0.796. The Bertz CT molecular complexity index is 567. The Morgan fingerprint density at radius 1 is 1.53 bits per heavy atom. The molecule has 0 aliphatic rings. The lowest BCUT2D eigenvalue weighted by Crippen LogP contribution is -2.04. The Morgan fingerprint density at radius 3 is 2.94 bits per heavy atom. The van der Waals surface area contributed by atoms with Crippen molar-refractivity contribution >= 4 is 28.7 Å². The van der Waals surface area contributed by atoms with E-state index in [1.165, 1.54) is 29.5 Å². The first-order valence-electron chi connectivity index (χ1n) is 4.95. The Kier molecular flexibility index (Phi) is 3.54. The Labute approximate surface area is 107 Å². The summed E-state index contributed by atoms with van der Waals surface area (Å²) in [6.45, 7) is 1.77. The predicted octanol–water partition coefficient (Wildman–Crippen LogP) is 3.67. The average Bonchev–Trinajstić information content (AvgIpc) is 2.70. The normalized spacial score (nSPS) is 10.5. The van der Waals surface area contributed by atoms with Crippen molar-refractivity contribution in [1.29, 1.82) is 0 Å². The molecule has 0 radical (unpaired) electrons. The molecule has 0 unspecified atom stereocenters. The van der Waals surface area contributed by atoms with Crippen molar-refractivity contribution in [2.45, 2.75) is 13.3 Å². The lowest BCUT2D eigenvalue weighted by Gasteiger charge is -2.03. The highest BCUT2D eigenvalue weighted by molar-refractivity contribution is 7.11. The van der Waals surface area contributed by atoms with Gasteiger partial charge in [-0.25, -0.2) is 9.37 Å². The van der Waals surface area contributed by atoms with E-state index in [1.807, 2.05) is 0 Å². The Balaban J connectivity index is 2.24. The van der Waals surface area contributed by atoms with Gasteiger partial charge in [0.25, 0.3) is 0 Å². The molecule has 0 aliphatic heterocycles. The summed E-state index contributed by atoms with van der Waals surface area (Å²) in [7, 11) is 0. The van der Waals surface area contributed by atoms with E-state index in [1.54, 1.807) is 12.4 Å². The molecule has 0 spiro atoms. The number of hydrogen-bond donors (Lipinski definition) is 0. The molecule has 17 heavy (non-hydrogen) atoms. The van der Waals surface area contributed by atoms with Crippen LogP contribution in [-0.4, -0.2) is 10.8 Å². The minimum absolute atomic E-state index is 0.0856. The van der Waals surface area contributed by atoms with Gasteiger partial charge in [0.15, 0.2) is 5.78 Å². The molecule has 5 heteroatoms. The van der Waals surface area contributed by atoms with Gasteiger partial charge in [0.05, 0.1) is 16.1 Å². The molecule has 1 aromatic carbocycles. The van der Waals surface area contributed by atoms with Crippen molar-refractivity contribution in [2.24, 2.45) is 0 Å². The second-order valence-corrected chi connectivity index (χ2v) is 4.86. The third-order valence-corrected chi connectivity index (χ3v) is 3.70. The molecular formula is C12H9ClFNOS. The zero-order valence-corrected chi connectivity index (χ0v) is 10.6. The van der Waals surface area contributed by atoms with Crippen molar-refractivity contribution in [3.05, 3.63) is 50.7 Å². The molecule has 0 N–H and O–H groups in total. The first-order valence-corrected chi connectivity index (χ1v) is 6.21. The summed E-state index contributed by atoms with van der Waals surface area (Å²) in [5.74, 6) is -0.476. The van der Waals surface area contributed by atoms with Crippen LogP contribution in [0.25, 0.3) is 0 Å². The third-order valence-electron chi connectivity index (χ3n) is 2.36. The van der Waals surface area contributed by atoms with Crippen LogP contribution in [0.2, 0.25) is 5.02 Å². The summed E-state index contributed by atoms with van der Waals surface area (Å²) in [4.78, 5) is 16.6. The van der Waals surface area contributed by atoms with E-state index in [4.69, 9.17) is 11.6 Å². The van der Waals surface area contributed by atoms with Gasteiger partial charge >= 0.3 is 0 Å². The molecule has 0 aliphatic carbocycles. The lowest BCUT2D eigenvalue weighted by atomic mass is 10.1. The minimum atomic E-state index is -0.391. The smallest absolute Gasteiger partial charge is 0.179 e. The molecule has 0 atom stereocenters. The fourth-order valence-electron chi connectivity index (χ4n) is 1.50. The maximum atomic E-state index is 13.0. The van der Waals surface area contributed by atoms with Crippen LogP contribution in [0, 0.1) is 12.7 Å². The van der Waals surface area contributed by atoms with Crippen LogP contribution in [0.5, 0.6) is 0 Å². The molecule has 1 heterocycles. The molecule has 1 aromatic heterocycles. The summed E-state index contributed by atoms with van der Waals surface area (Å²) in [6.07, 6.45) is 0.0969. The van der Waals surface area contributed by atoms with E-state index in [9.17, 15) is 9.18 Å². The van der Waals surface area contributed by atoms with Crippen LogP contribution in [0.4, 0.5) is 4.39 Å². The molecule has 2 rings (SSSR count). The molecule has 0 amide bonds. The lowest BCUT2D eigenvalue weighted by molar-refractivity contribution is 0.0996. The highest BCUT2D eigenvalue weighted by Crippen LogP contribution is 2.21. The van der Waals surface area contributed by atoms with E-state index >= 15 is 0 Å². The van der Waals surface area contributed by atoms with Gasteiger partial charge in [-0.15, -0.1) is 11.3 Å². The molecule has 2 nitrogen and oxygen atoms in total. The highest BCUT2D eigenvalue weighted by atomic mass is 35.5. The van der Waals surface area contributed by atoms with Crippen molar-refractivity contribution in [3.8, 4) is 0 Å². The first-order chi connectivity index (χ1) is 8.08. The summed E-state index contributed by atoms with van der Waals surface area (Å²) < 4.78 is 13.0. The fraction of sp³-hybridized carbons (Fsp3) is 0.167. The number of benzene rings is 1. The van der Waals surface area contributed by atoms with E-state index in [0.29, 0.717) is 21.2 Å². The number of rotatable bonds is 3. The maximum absolute atomic E-state index is 13.0. The summed E-state index contributed by atoms with van der Waals surface area (Å²) in [5.41, 5.74) is 2.83. The molecule has 2 aromatic rings. The van der Waals surface area contributed by atoms with Gasteiger partial charge in [0.1, 0.15) is 5.82 Å². The van der Waals surface area contributed by atoms with Crippen molar-refractivity contribution in [1.82, 2.24) is 4.98 Å². The average molecular weight is 270 g/mol. The summed E-state index contributed by atoms with van der Waals surface area (Å²) in [6, 6.07) is 4.02. The monoisotopic (exact) mass is 269 g/mol. The zero-order valence-electron chi connectivity index (χ0n) is 9.04. The van der Waals surface area contributed by atoms with Crippen LogP contribution >= 0.6 is 22.9 Å². The molecule has 0 saturated carbocycles. The standard InChI is InChI=1S/C12H9ClFNOS/c1-7-12(17-6-15-7)11(16)5-8-4-9(14)2-3-10(8)13/h2-4,6H,5H2,1H3. The number of nitrogens with zero attached hydrogens (tertiary/aromatic N) is 1. The van der Waals surface area contributed by atoms with Crippen molar-refractivity contribution < 1.29 is 9.18 Å². The van der Waals surface area contributed by atoms with Crippen LogP contribution in [0.3, 0.4) is 0 Å². The maximum Gasteiger partial charge on any atom is 0.179 e. The van der Waals surface area contributed by atoms with Crippen LogP contribution in [0.15, 0.2) is 23.7 Å². The van der Waals surface area contributed by atoms with Gasteiger partial charge < -0.3 is 0 Å². The van der Waals surface area contributed by atoms with Crippen LogP contribution in [0.1, 0.15) is 20.9 Å². The zero-order chi connectivity index (χ0) is 12.4. The topological polar surface area (TPSA) is 30.0 Å². The Morgan fingerprint density at radius 2 is 2.29 bits per heavy atom. The van der Waals surface area contributed by atoms with E-state index < -0.39 is 5.82 Å². The molecular weight excluding hydrogens is 261 g/mol. The fourth-order valence-corrected chi connectivity index (χ4v) is 2.43. The number of aromatic nitrogens is 1. The number of Topliss-reactive ketones (excluding diaryl/α,β-unsaturated/α-hetero) is 1. The van der Waals surface area contributed by atoms with Crippen LogP contribution < -0.4 is 0 Å². The minimum Gasteiger partial charge on any atom is -0.293 e. The second kappa shape index (κ2) is 4.94. The predicted molar refractivity (Wildman–Crippen MR) is 66.3 cm³/mol. The van der Waals surface area contributed by atoms with E-state index in [2.05, 4.69) is 4.98 Å². The van der Waals surface area contributed by atoms with Gasteiger partial charge in [0.2, 0.25) is 0 Å². The van der Waals surface area contributed by atoms with Crippen LogP contribution in [-0.2, 0) is 6.42 Å². The molecule has 88 valence electrons. The first kappa shape index (κ1) is 12.2. The number of carbonyl (C=O) groups is 1. The largest absolute Gasteiger partial charge is 0.293 e. The number of halogens is 2. The van der Waals surface area contributed by atoms with Crippen molar-refractivity contribution in [2.75, 3.05) is 0 Å². The van der Waals surface area contributed by atoms with E-state index in [0.717, 1.165) is 0 Å². The summed E-state index contributed by atoms with van der Waals surface area (Å²) >= 11 is 7.20. The molecule has 0 saturated heterocycles. The number of hydrogen-bond acceptors (Lipinski definition) is 3. The SMILES string of the molecule is Cc1ncsc1C(=O)Cc1cc(F)ccc1Cl. The van der Waals surface area contributed by atoms with Gasteiger partial charge in [-0.2, -0.15) is 0 Å². The summed E-state index contributed by atoms with van der Waals surface area (Å²) in [5, 5.41) is 0.405. The molecule has 0 bridgehead atoms. The van der Waals surface area contributed by atoms with Gasteiger partial charge in [-0.1, -0.05) is 11.6 Å². The van der Waals surface area contributed by atoms with Crippen molar-refractivity contribution in [3.63, 3.8) is 0 Å². The highest BCUT2D eigenvalue weighted by Gasteiger charge is 2.14. The van der Waals surface area contributed by atoms with Gasteiger partial charge in [-0.05, 0) is 30.7 Å². The number of ketones is 1. The second-order valence-electron chi connectivity index (χ2n) is 3.60. The third kappa shape index (κ3) is 2.70. The Hall–Kier alpha value is -1.26. The van der Waals surface area contributed by atoms with Gasteiger partial charge in [-0.3, -0.25) is 4.79 Å². The molecule has 0 fully saturated rings. The van der Waals surface area contributed by atoms with Gasteiger partial charge in [0, 0.05) is 11.4 Å². The number of carbonyl (C=O) groups excluding carboxylic acids is 1. The number of aryl methyl sites for hydroxylation is 1. The number of thiazole rings is 1.